The number of esters is 1. The summed E-state index contributed by atoms with van der Waals surface area (Å²) in [6, 6.07) is 0.0339. The van der Waals surface area contributed by atoms with Crippen LogP contribution < -0.4 is 4.90 Å². The molecule has 21 heavy (non-hydrogen) atoms. The number of ether oxygens (including phenoxy) is 1. The molecule has 2 unspecified atom stereocenters. The number of likely N-dealkylation sites (N-methyl/N-ethyl adjacent to an activating group) is 1. The van der Waals surface area contributed by atoms with E-state index < -0.39 is 5.97 Å². The third-order valence-corrected chi connectivity index (χ3v) is 3.97. The molecule has 0 spiro atoms. The first kappa shape index (κ1) is 15.7. The predicted molar refractivity (Wildman–Crippen MR) is 79.4 cm³/mol. The second-order valence-corrected chi connectivity index (χ2v) is 5.42. The SMILES string of the molecule is CCOC(=O)c1cnc(N(C)C2CCCCC2O)nc1C. The van der Waals surface area contributed by atoms with E-state index in [4.69, 9.17) is 4.74 Å². The maximum absolute atomic E-state index is 11.7. The van der Waals surface area contributed by atoms with E-state index in [2.05, 4.69) is 9.97 Å². The standard InChI is InChI=1S/C15H23N3O3/c1-4-21-14(20)11-9-16-15(17-10(11)2)18(3)12-7-5-6-8-13(12)19/h9,12-13,19H,4-8H2,1-3H3. The van der Waals surface area contributed by atoms with E-state index in [9.17, 15) is 9.90 Å². The summed E-state index contributed by atoms with van der Waals surface area (Å²) in [7, 11) is 1.89. The van der Waals surface area contributed by atoms with Crippen LogP contribution in [0.2, 0.25) is 0 Å². The van der Waals surface area contributed by atoms with Gasteiger partial charge < -0.3 is 14.7 Å². The lowest BCUT2D eigenvalue weighted by Crippen LogP contribution is -2.44. The van der Waals surface area contributed by atoms with Gasteiger partial charge in [0.25, 0.3) is 0 Å². The lowest BCUT2D eigenvalue weighted by atomic mass is 9.92. The van der Waals surface area contributed by atoms with E-state index in [-0.39, 0.29) is 12.1 Å². The third-order valence-electron chi connectivity index (χ3n) is 3.97. The van der Waals surface area contributed by atoms with Gasteiger partial charge in [0, 0.05) is 13.2 Å². The molecule has 1 heterocycles. The highest BCUT2D eigenvalue weighted by atomic mass is 16.5. The molecule has 0 radical (unpaired) electrons. The van der Waals surface area contributed by atoms with Crippen LogP contribution in [-0.2, 0) is 4.74 Å². The molecule has 0 bridgehead atoms. The lowest BCUT2D eigenvalue weighted by Gasteiger charge is -2.35. The zero-order valence-electron chi connectivity index (χ0n) is 12.9. The molecule has 6 heteroatoms. The topological polar surface area (TPSA) is 75.5 Å². The van der Waals surface area contributed by atoms with E-state index in [1.165, 1.54) is 6.20 Å². The van der Waals surface area contributed by atoms with E-state index in [1.54, 1.807) is 13.8 Å². The van der Waals surface area contributed by atoms with Gasteiger partial charge in [-0.15, -0.1) is 0 Å². The second kappa shape index (κ2) is 6.85. The molecule has 1 aliphatic rings. The Kier molecular flexibility index (Phi) is 5.12. The maximum Gasteiger partial charge on any atom is 0.341 e. The van der Waals surface area contributed by atoms with Gasteiger partial charge in [-0.1, -0.05) is 12.8 Å². The molecule has 1 saturated carbocycles. The number of carbonyl (C=O) groups is 1. The minimum atomic E-state index is -0.401. The molecule has 116 valence electrons. The summed E-state index contributed by atoms with van der Waals surface area (Å²) in [5.41, 5.74) is 0.980. The summed E-state index contributed by atoms with van der Waals surface area (Å²) < 4.78 is 4.97. The van der Waals surface area contributed by atoms with Crippen molar-refractivity contribution in [2.45, 2.75) is 51.7 Å². The lowest BCUT2D eigenvalue weighted by molar-refractivity contribution is 0.0524. The quantitative estimate of drug-likeness (QED) is 0.852. The predicted octanol–water partition coefficient (Wildman–Crippen LogP) is 1.70. The molecule has 1 aromatic rings. The molecule has 0 amide bonds. The number of hydrogen-bond acceptors (Lipinski definition) is 6. The summed E-state index contributed by atoms with van der Waals surface area (Å²) in [6.45, 7) is 3.86. The first-order valence-corrected chi connectivity index (χ1v) is 7.46. The molecule has 1 aromatic heterocycles. The zero-order valence-corrected chi connectivity index (χ0v) is 12.9. The summed E-state index contributed by atoms with van der Waals surface area (Å²) in [5, 5.41) is 10.1. The van der Waals surface area contributed by atoms with Crippen LogP contribution in [0.3, 0.4) is 0 Å². The highest BCUT2D eigenvalue weighted by Crippen LogP contribution is 2.25. The van der Waals surface area contributed by atoms with Crippen molar-refractivity contribution < 1.29 is 14.6 Å². The van der Waals surface area contributed by atoms with Crippen molar-refractivity contribution >= 4 is 11.9 Å². The molecular weight excluding hydrogens is 270 g/mol. The molecule has 0 saturated heterocycles. The second-order valence-electron chi connectivity index (χ2n) is 5.42. The van der Waals surface area contributed by atoms with Gasteiger partial charge in [-0.05, 0) is 26.7 Å². The van der Waals surface area contributed by atoms with Crippen molar-refractivity contribution in [1.29, 1.82) is 0 Å². The van der Waals surface area contributed by atoms with Crippen molar-refractivity contribution in [3.8, 4) is 0 Å². The fourth-order valence-corrected chi connectivity index (χ4v) is 2.73. The number of rotatable bonds is 4. The summed E-state index contributed by atoms with van der Waals surface area (Å²) >= 11 is 0. The van der Waals surface area contributed by atoms with Gasteiger partial charge in [0.15, 0.2) is 0 Å². The Hall–Kier alpha value is -1.69. The minimum Gasteiger partial charge on any atom is -0.462 e. The van der Waals surface area contributed by atoms with Gasteiger partial charge in [0.2, 0.25) is 5.95 Å². The van der Waals surface area contributed by atoms with Crippen molar-refractivity contribution in [2.75, 3.05) is 18.6 Å². The smallest absolute Gasteiger partial charge is 0.341 e. The van der Waals surface area contributed by atoms with Gasteiger partial charge in [0.05, 0.1) is 30.0 Å². The summed E-state index contributed by atoms with van der Waals surface area (Å²) in [6.07, 6.45) is 5.06. The Morgan fingerprint density at radius 1 is 1.48 bits per heavy atom. The summed E-state index contributed by atoms with van der Waals surface area (Å²) in [5.74, 6) is 0.133. The van der Waals surface area contributed by atoms with Crippen LogP contribution in [0.1, 0.15) is 48.7 Å². The van der Waals surface area contributed by atoms with E-state index in [1.807, 2.05) is 11.9 Å². The number of aryl methyl sites for hydroxylation is 1. The maximum atomic E-state index is 11.7. The van der Waals surface area contributed by atoms with Crippen LogP contribution in [0.25, 0.3) is 0 Å². The Morgan fingerprint density at radius 2 is 2.19 bits per heavy atom. The Bertz CT molecular complexity index is 507. The Morgan fingerprint density at radius 3 is 2.81 bits per heavy atom. The van der Waals surface area contributed by atoms with E-state index >= 15 is 0 Å². The fraction of sp³-hybridized carbons (Fsp3) is 0.667. The number of aliphatic hydroxyl groups is 1. The van der Waals surface area contributed by atoms with Crippen molar-refractivity contribution in [1.82, 2.24) is 9.97 Å². The highest BCUT2D eigenvalue weighted by molar-refractivity contribution is 5.90. The third kappa shape index (κ3) is 3.50. The molecule has 2 atom stereocenters. The van der Waals surface area contributed by atoms with Crippen LogP contribution in [0, 0.1) is 6.92 Å². The Balaban J connectivity index is 2.17. The van der Waals surface area contributed by atoms with Gasteiger partial charge in [0.1, 0.15) is 0 Å². The average molecular weight is 293 g/mol. The van der Waals surface area contributed by atoms with Crippen molar-refractivity contribution in [2.24, 2.45) is 0 Å². The first-order valence-electron chi connectivity index (χ1n) is 7.46. The minimum absolute atomic E-state index is 0.0339. The number of nitrogens with zero attached hydrogens (tertiary/aromatic N) is 3. The fourth-order valence-electron chi connectivity index (χ4n) is 2.73. The molecular formula is C15H23N3O3. The van der Waals surface area contributed by atoms with Crippen LogP contribution >= 0.6 is 0 Å². The van der Waals surface area contributed by atoms with Crippen molar-refractivity contribution in [3.63, 3.8) is 0 Å². The van der Waals surface area contributed by atoms with E-state index in [0.717, 1.165) is 25.7 Å². The molecule has 1 N–H and O–H groups in total. The molecule has 1 aliphatic carbocycles. The van der Waals surface area contributed by atoms with E-state index in [0.29, 0.717) is 23.8 Å². The van der Waals surface area contributed by atoms with Crippen LogP contribution in [-0.4, -0.2) is 46.8 Å². The molecule has 0 aliphatic heterocycles. The molecule has 6 nitrogen and oxygen atoms in total. The monoisotopic (exact) mass is 293 g/mol. The normalized spacial score (nSPS) is 21.9. The number of carbonyl (C=O) groups excluding carboxylic acids is 1. The number of aliphatic hydroxyl groups excluding tert-OH is 1. The van der Waals surface area contributed by atoms with Crippen molar-refractivity contribution in [3.05, 3.63) is 17.5 Å². The van der Waals surface area contributed by atoms with Gasteiger partial charge in [-0.3, -0.25) is 0 Å². The number of hydrogen-bond donors (Lipinski definition) is 1. The van der Waals surface area contributed by atoms with Crippen LogP contribution in [0.5, 0.6) is 0 Å². The first-order chi connectivity index (χ1) is 10.0. The number of anilines is 1. The van der Waals surface area contributed by atoms with Gasteiger partial charge in [-0.25, -0.2) is 14.8 Å². The number of aromatic nitrogens is 2. The summed E-state index contributed by atoms with van der Waals surface area (Å²) in [4.78, 5) is 22.3. The van der Waals surface area contributed by atoms with Gasteiger partial charge >= 0.3 is 5.97 Å². The van der Waals surface area contributed by atoms with Crippen LogP contribution in [0.15, 0.2) is 6.20 Å². The largest absolute Gasteiger partial charge is 0.462 e. The van der Waals surface area contributed by atoms with Gasteiger partial charge in [-0.2, -0.15) is 0 Å². The molecule has 2 rings (SSSR count). The molecule has 0 aromatic carbocycles. The molecule has 1 fully saturated rings. The highest BCUT2D eigenvalue weighted by Gasteiger charge is 2.28. The average Bonchev–Trinajstić information content (AvgIpc) is 2.47. The van der Waals surface area contributed by atoms with Crippen LogP contribution in [0.4, 0.5) is 5.95 Å². The zero-order chi connectivity index (χ0) is 15.4. The Labute approximate surface area is 125 Å².